The topological polar surface area (TPSA) is 0 Å². The predicted molar refractivity (Wildman–Crippen MR) is 62.3 cm³/mol. The highest BCUT2D eigenvalue weighted by Crippen LogP contribution is 2.60. The Bertz CT molecular complexity index is 179. The molecule has 0 aromatic heterocycles. The summed E-state index contributed by atoms with van der Waals surface area (Å²) in [6, 6.07) is 0. The molecule has 0 spiro atoms. The molecule has 0 aromatic carbocycles. The first-order chi connectivity index (χ1) is 6.30. The number of hydrogen-bond donors (Lipinski definition) is 0. The van der Waals surface area contributed by atoms with Crippen LogP contribution in [-0.4, -0.2) is 9.41 Å². The quantitative estimate of drug-likeness (QED) is 0.676. The van der Waals surface area contributed by atoms with Crippen molar-refractivity contribution in [1.82, 2.24) is 0 Å². The second-order valence-corrected chi connectivity index (χ2v) is 8.10. The third kappa shape index (κ3) is 1.49. The molecule has 0 nitrogen and oxygen atoms in total. The van der Waals surface area contributed by atoms with Gasteiger partial charge in [-0.3, -0.25) is 0 Å². The largest absolute Gasteiger partial charge is 0.144 e. The van der Waals surface area contributed by atoms with Gasteiger partial charge in [0.1, 0.15) is 0 Å². The molecule has 74 valence electrons. The highest BCUT2D eigenvalue weighted by molar-refractivity contribution is 9.11. The van der Waals surface area contributed by atoms with E-state index >= 15 is 0 Å². The van der Waals surface area contributed by atoms with Gasteiger partial charge in [-0.25, -0.2) is 0 Å². The van der Waals surface area contributed by atoms with E-state index in [1.807, 2.05) is 0 Å². The molecule has 4 rings (SSSR count). The summed E-state index contributed by atoms with van der Waals surface area (Å²) in [5.74, 6) is 3.33. The fraction of sp³-hybridized carbons (Fsp3) is 1.00. The average molecular weight is 261 g/mol. The Hall–Kier alpha value is 0.830. The minimum absolute atomic E-state index is 0.720. The molecule has 0 aromatic rings. The van der Waals surface area contributed by atoms with Crippen molar-refractivity contribution in [3.63, 3.8) is 0 Å². The Morgan fingerprint density at radius 1 is 1.00 bits per heavy atom. The molecule has 0 aliphatic heterocycles. The van der Waals surface area contributed by atoms with Crippen LogP contribution in [0.4, 0.5) is 0 Å². The zero-order chi connectivity index (χ0) is 8.89. The lowest BCUT2D eigenvalue weighted by molar-refractivity contribution is 0.0385. The first-order valence-electron chi connectivity index (χ1n) is 5.49. The minimum Gasteiger partial charge on any atom is -0.144 e. The lowest BCUT2D eigenvalue weighted by Gasteiger charge is -2.56. The summed E-state index contributed by atoms with van der Waals surface area (Å²) in [5, 5.41) is 0. The average Bonchev–Trinajstić information content (AvgIpc) is 2.00. The molecule has 0 atom stereocenters. The smallest absolute Gasteiger partial charge is 0.0495 e. The third-order valence-corrected chi connectivity index (χ3v) is 6.25. The molecule has 13 heavy (non-hydrogen) atoms. The van der Waals surface area contributed by atoms with E-state index in [0.717, 1.165) is 27.2 Å². The molecule has 0 unspecified atom stereocenters. The van der Waals surface area contributed by atoms with E-state index in [4.69, 9.17) is 0 Å². The maximum absolute atomic E-state index is 3.60. The Balaban J connectivity index is 1.83. The number of thioether (sulfide) groups is 1. The number of rotatable bonds is 2. The fourth-order valence-corrected chi connectivity index (χ4v) is 7.07. The van der Waals surface area contributed by atoms with Gasteiger partial charge in [0.05, 0.1) is 0 Å². The van der Waals surface area contributed by atoms with Gasteiger partial charge in [-0.05, 0) is 56.3 Å². The van der Waals surface area contributed by atoms with Crippen LogP contribution in [0.3, 0.4) is 0 Å². The third-order valence-electron chi connectivity index (χ3n) is 4.34. The fourth-order valence-electron chi connectivity index (χ4n) is 4.32. The van der Waals surface area contributed by atoms with Crippen LogP contribution in [0.1, 0.15) is 38.5 Å². The second kappa shape index (κ2) is 3.16. The van der Waals surface area contributed by atoms with Gasteiger partial charge in [0.15, 0.2) is 0 Å². The van der Waals surface area contributed by atoms with Crippen molar-refractivity contribution in [2.45, 2.75) is 43.3 Å². The summed E-state index contributed by atoms with van der Waals surface area (Å²) in [4.78, 5) is 0. The van der Waals surface area contributed by atoms with Crippen LogP contribution in [-0.2, 0) is 0 Å². The normalized spacial score (nSPS) is 52.8. The first kappa shape index (κ1) is 9.08. The van der Waals surface area contributed by atoms with Crippen LogP contribution in [0.2, 0.25) is 0 Å². The molecule has 0 radical (unpaired) electrons. The molecule has 4 saturated carbocycles. The SMILES string of the molecule is BrCSC12CC3CC(CC(C3)C1)C2. The van der Waals surface area contributed by atoms with Gasteiger partial charge < -0.3 is 0 Å². The lowest BCUT2D eigenvalue weighted by Crippen LogP contribution is -2.48. The predicted octanol–water partition coefficient (Wildman–Crippen LogP) is 4.04. The highest BCUT2D eigenvalue weighted by Gasteiger charge is 2.50. The zero-order valence-corrected chi connectivity index (χ0v) is 10.4. The van der Waals surface area contributed by atoms with Crippen molar-refractivity contribution in [3.05, 3.63) is 0 Å². The number of hydrogen-bond acceptors (Lipinski definition) is 1. The van der Waals surface area contributed by atoms with Crippen LogP contribution in [0.25, 0.3) is 0 Å². The summed E-state index contributed by atoms with van der Waals surface area (Å²) < 4.78 is 1.87. The van der Waals surface area contributed by atoms with Gasteiger partial charge in [-0.1, -0.05) is 15.9 Å². The van der Waals surface area contributed by atoms with E-state index in [0.29, 0.717) is 0 Å². The van der Waals surface area contributed by atoms with Gasteiger partial charge in [-0.15, -0.1) is 11.8 Å². The van der Waals surface area contributed by atoms with E-state index in [1.54, 1.807) is 19.3 Å². The van der Waals surface area contributed by atoms with E-state index in [2.05, 4.69) is 27.7 Å². The molecule has 0 N–H and O–H groups in total. The summed E-state index contributed by atoms with van der Waals surface area (Å²) in [6.45, 7) is 0. The van der Waals surface area contributed by atoms with Crippen LogP contribution < -0.4 is 0 Å². The van der Waals surface area contributed by atoms with Crippen LogP contribution in [0.5, 0.6) is 0 Å². The number of alkyl halides is 1. The van der Waals surface area contributed by atoms with E-state index in [9.17, 15) is 0 Å². The highest BCUT2D eigenvalue weighted by atomic mass is 79.9. The molecule has 0 amide bonds. The molecule has 4 aliphatic carbocycles. The van der Waals surface area contributed by atoms with Crippen LogP contribution in [0, 0.1) is 17.8 Å². The second-order valence-electron chi connectivity index (χ2n) is 5.35. The van der Waals surface area contributed by atoms with Crippen LogP contribution >= 0.6 is 27.7 Å². The minimum atomic E-state index is 0.720. The van der Waals surface area contributed by atoms with Crippen molar-refractivity contribution in [2.75, 3.05) is 4.66 Å². The Labute approximate surface area is 93.4 Å². The summed E-state index contributed by atoms with van der Waals surface area (Å²) >= 11 is 5.81. The summed E-state index contributed by atoms with van der Waals surface area (Å²) in [7, 11) is 0. The summed E-state index contributed by atoms with van der Waals surface area (Å²) in [5.41, 5.74) is 0. The Morgan fingerprint density at radius 3 is 1.85 bits per heavy atom. The van der Waals surface area contributed by atoms with Crippen molar-refractivity contribution >= 4 is 27.7 Å². The van der Waals surface area contributed by atoms with Crippen molar-refractivity contribution < 1.29 is 0 Å². The first-order valence-corrected chi connectivity index (χ1v) is 7.60. The van der Waals surface area contributed by atoms with E-state index in [1.165, 1.54) is 19.3 Å². The zero-order valence-electron chi connectivity index (χ0n) is 7.97. The van der Waals surface area contributed by atoms with Gasteiger partial charge in [-0.2, -0.15) is 0 Å². The van der Waals surface area contributed by atoms with Crippen LogP contribution in [0.15, 0.2) is 0 Å². The summed E-state index contributed by atoms with van der Waals surface area (Å²) in [6.07, 6.45) is 9.33. The Morgan fingerprint density at radius 2 is 1.46 bits per heavy atom. The van der Waals surface area contributed by atoms with Crippen molar-refractivity contribution in [1.29, 1.82) is 0 Å². The molecule has 4 aliphatic rings. The lowest BCUT2D eigenvalue weighted by atomic mass is 9.56. The maximum atomic E-state index is 3.60. The Kier molecular flexibility index (Phi) is 2.21. The van der Waals surface area contributed by atoms with Gasteiger partial charge >= 0.3 is 0 Å². The molecular formula is C11H17BrS. The maximum Gasteiger partial charge on any atom is 0.0495 e. The van der Waals surface area contributed by atoms with Gasteiger partial charge in [0, 0.05) is 9.41 Å². The number of halogens is 1. The van der Waals surface area contributed by atoms with Gasteiger partial charge in [0.25, 0.3) is 0 Å². The van der Waals surface area contributed by atoms with E-state index < -0.39 is 0 Å². The van der Waals surface area contributed by atoms with E-state index in [-0.39, 0.29) is 0 Å². The van der Waals surface area contributed by atoms with Crippen molar-refractivity contribution in [2.24, 2.45) is 17.8 Å². The molecule has 4 bridgehead atoms. The standard InChI is InChI=1S/C11H17BrS/c12-7-13-11-4-8-1-9(5-11)3-10(2-8)6-11/h8-10H,1-7H2. The monoisotopic (exact) mass is 260 g/mol. The van der Waals surface area contributed by atoms with Gasteiger partial charge in [0.2, 0.25) is 0 Å². The van der Waals surface area contributed by atoms with Crippen molar-refractivity contribution in [3.8, 4) is 0 Å². The molecule has 2 heteroatoms. The molecular weight excluding hydrogens is 244 g/mol. The molecule has 0 saturated heterocycles. The molecule has 4 fully saturated rings. The molecule has 0 heterocycles.